The SMILES string of the molecule is O=C([O-])C[C@H](Cc1ccc(Cl)cc1)C(=O)Nc1cccc(C(F)(F)F)c1. The number of carboxylic acids is 1. The molecule has 2 aromatic rings. The van der Waals surface area contributed by atoms with Gasteiger partial charge in [0, 0.05) is 22.6 Å². The molecular formula is C18H14ClF3NO3-. The van der Waals surface area contributed by atoms with Gasteiger partial charge in [0.2, 0.25) is 5.91 Å². The molecule has 0 saturated heterocycles. The van der Waals surface area contributed by atoms with Crippen molar-refractivity contribution in [2.24, 2.45) is 5.92 Å². The van der Waals surface area contributed by atoms with Crippen molar-refractivity contribution in [3.63, 3.8) is 0 Å². The van der Waals surface area contributed by atoms with Gasteiger partial charge in [-0.15, -0.1) is 0 Å². The number of carbonyl (C=O) groups is 2. The maximum absolute atomic E-state index is 12.7. The summed E-state index contributed by atoms with van der Waals surface area (Å²) in [5, 5.41) is 13.8. The lowest BCUT2D eigenvalue weighted by molar-refractivity contribution is -0.306. The van der Waals surface area contributed by atoms with E-state index in [0.717, 1.165) is 18.2 Å². The van der Waals surface area contributed by atoms with Gasteiger partial charge in [-0.3, -0.25) is 4.79 Å². The fraction of sp³-hybridized carbons (Fsp3) is 0.222. The smallest absolute Gasteiger partial charge is 0.416 e. The molecule has 1 N–H and O–H groups in total. The summed E-state index contributed by atoms with van der Waals surface area (Å²) in [5.74, 6) is -3.14. The van der Waals surface area contributed by atoms with E-state index >= 15 is 0 Å². The van der Waals surface area contributed by atoms with Crippen LogP contribution in [0, 0.1) is 5.92 Å². The van der Waals surface area contributed by atoms with Gasteiger partial charge in [-0.1, -0.05) is 29.8 Å². The molecule has 0 aliphatic rings. The number of amides is 1. The van der Waals surface area contributed by atoms with Gasteiger partial charge in [0.15, 0.2) is 0 Å². The van der Waals surface area contributed by atoms with Crippen LogP contribution in [0.5, 0.6) is 0 Å². The van der Waals surface area contributed by atoms with Crippen molar-refractivity contribution in [2.75, 3.05) is 5.32 Å². The molecule has 2 aromatic carbocycles. The first-order valence-electron chi connectivity index (χ1n) is 7.57. The number of aliphatic carboxylic acids is 1. The van der Waals surface area contributed by atoms with Crippen LogP contribution in [0.15, 0.2) is 48.5 Å². The number of hydrogen-bond donors (Lipinski definition) is 1. The lowest BCUT2D eigenvalue weighted by Crippen LogP contribution is -2.32. The Bertz CT molecular complexity index is 791. The quantitative estimate of drug-likeness (QED) is 0.830. The third kappa shape index (κ3) is 5.77. The van der Waals surface area contributed by atoms with Gasteiger partial charge in [0.1, 0.15) is 0 Å². The molecule has 0 aliphatic carbocycles. The average molecular weight is 385 g/mol. The van der Waals surface area contributed by atoms with Crippen LogP contribution in [0.4, 0.5) is 18.9 Å². The minimum Gasteiger partial charge on any atom is -0.550 e. The molecule has 0 saturated carbocycles. The summed E-state index contributed by atoms with van der Waals surface area (Å²) >= 11 is 5.78. The first kappa shape index (κ1) is 19.8. The molecular weight excluding hydrogens is 371 g/mol. The topological polar surface area (TPSA) is 69.2 Å². The van der Waals surface area contributed by atoms with Crippen molar-refractivity contribution < 1.29 is 27.9 Å². The minimum absolute atomic E-state index is 0.0655. The average Bonchev–Trinajstić information content (AvgIpc) is 2.55. The molecule has 8 heteroatoms. The Labute approximate surface area is 152 Å². The van der Waals surface area contributed by atoms with Gasteiger partial charge < -0.3 is 15.2 Å². The molecule has 0 bridgehead atoms. The van der Waals surface area contributed by atoms with Gasteiger partial charge in [-0.25, -0.2) is 0 Å². The van der Waals surface area contributed by atoms with Gasteiger partial charge in [-0.05, 0) is 48.7 Å². The molecule has 0 unspecified atom stereocenters. The number of benzene rings is 2. The summed E-state index contributed by atoms with van der Waals surface area (Å²) in [6.45, 7) is 0. The van der Waals surface area contributed by atoms with Crippen LogP contribution in [0.3, 0.4) is 0 Å². The van der Waals surface area contributed by atoms with E-state index < -0.39 is 36.0 Å². The van der Waals surface area contributed by atoms with Gasteiger partial charge >= 0.3 is 6.18 Å². The van der Waals surface area contributed by atoms with E-state index in [0.29, 0.717) is 10.6 Å². The fourth-order valence-electron chi connectivity index (χ4n) is 2.38. The number of carboxylic acid groups (broad SMARTS) is 1. The van der Waals surface area contributed by atoms with Crippen LogP contribution < -0.4 is 10.4 Å². The highest BCUT2D eigenvalue weighted by atomic mass is 35.5. The highest BCUT2D eigenvalue weighted by molar-refractivity contribution is 6.30. The van der Waals surface area contributed by atoms with Crippen molar-refractivity contribution in [1.82, 2.24) is 0 Å². The lowest BCUT2D eigenvalue weighted by Gasteiger charge is -2.18. The van der Waals surface area contributed by atoms with Crippen molar-refractivity contribution in [3.05, 3.63) is 64.7 Å². The Kier molecular flexibility index (Phi) is 6.26. The van der Waals surface area contributed by atoms with E-state index in [1.54, 1.807) is 24.3 Å². The Hall–Kier alpha value is -2.54. The Morgan fingerprint density at radius 1 is 1.12 bits per heavy atom. The first-order chi connectivity index (χ1) is 12.1. The van der Waals surface area contributed by atoms with Crippen molar-refractivity contribution in [2.45, 2.75) is 19.0 Å². The molecule has 4 nitrogen and oxygen atoms in total. The number of carbonyl (C=O) groups excluding carboxylic acids is 2. The second kappa shape index (κ2) is 8.23. The molecule has 1 atom stereocenters. The van der Waals surface area contributed by atoms with Crippen LogP contribution >= 0.6 is 11.6 Å². The van der Waals surface area contributed by atoms with E-state index in [1.165, 1.54) is 6.07 Å². The highest BCUT2D eigenvalue weighted by Gasteiger charge is 2.30. The van der Waals surface area contributed by atoms with E-state index in [4.69, 9.17) is 11.6 Å². The number of alkyl halides is 3. The Balaban J connectivity index is 2.16. The van der Waals surface area contributed by atoms with E-state index in [-0.39, 0.29) is 12.1 Å². The summed E-state index contributed by atoms with van der Waals surface area (Å²) in [7, 11) is 0. The Morgan fingerprint density at radius 3 is 2.35 bits per heavy atom. The monoisotopic (exact) mass is 384 g/mol. The molecule has 0 heterocycles. The summed E-state index contributed by atoms with van der Waals surface area (Å²) < 4.78 is 38.2. The highest BCUT2D eigenvalue weighted by Crippen LogP contribution is 2.30. The summed E-state index contributed by atoms with van der Waals surface area (Å²) in [6.07, 6.45) is -5.03. The second-order valence-corrected chi connectivity index (χ2v) is 6.11. The lowest BCUT2D eigenvalue weighted by atomic mass is 9.95. The van der Waals surface area contributed by atoms with E-state index in [2.05, 4.69) is 5.32 Å². The molecule has 0 aliphatic heterocycles. The summed E-state index contributed by atoms with van der Waals surface area (Å²) in [4.78, 5) is 23.3. The molecule has 0 aromatic heterocycles. The van der Waals surface area contributed by atoms with Crippen LogP contribution in [0.1, 0.15) is 17.5 Å². The fourth-order valence-corrected chi connectivity index (χ4v) is 2.51. The first-order valence-corrected chi connectivity index (χ1v) is 7.95. The standard InChI is InChI=1S/C18H15ClF3NO3/c19-14-6-4-11(5-7-14)8-12(9-16(24)25)17(26)23-15-3-1-2-13(10-15)18(20,21)22/h1-7,10,12H,8-9H2,(H,23,26)(H,24,25)/p-1/t12-/m0/s1. The van der Waals surface area contributed by atoms with Crippen molar-refractivity contribution in [1.29, 1.82) is 0 Å². The predicted molar refractivity (Wildman–Crippen MR) is 88.3 cm³/mol. The van der Waals surface area contributed by atoms with Crippen LogP contribution in [-0.2, 0) is 22.2 Å². The largest absolute Gasteiger partial charge is 0.550 e. The minimum atomic E-state index is -4.55. The molecule has 138 valence electrons. The third-order valence-corrected chi connectivity index (χ3v) is 3.89. The van der Waals surface area contributed by atoms with Crippen LogP contribution in [0.25, 0.3) is 0 Å². The zero-order valence-electron chi connectivity index (χ0n) is 13.3. The maximum atomic E-state index is 12.7. The van der Waals surface area contributed by atoms with Gasteiger partial charge in [0.25, 0.3) is 0 Å². The Morgan fingerprint density at radius 2 is 1.77 bits per heavy atom. The number of hydrogen-bond acceptors (Lipinski definition) is 3. The second-order valence-electron chi connectivity index (χ2n) is 5.67. The number of halogens is 4. The van der Waals surface area contributed by atoms with E-state index in [1.807, 2.05) is 0 Å². The van der Waals surface area contributed by atoms with Gasteiger partial charge in [-0.2, -0.15) is 13.2 Å². The molecule has 0 spiro atoms. The predicted octanol–water partition coefficient (Wildman–Crippen LogP) is 3.30. The summed E-state index contributed by atoms with van der Waals surface area (Å²) in [6, 6.07) is 10.6. The normalized spacial score (nSPS) is 12.5. The van der Waals surface area contributed by atoms with Crippen molar-refractivity contribution in [3.8, 4) is 0 Å². The molecule has 2 rings (SSSR count). The zero-order chi connectivity index (χ0) is 19.3. The van der Waals surface area contributed by atoms with Gasteiger partial charge in [0.05, 0.1) is 5.56 Å². The van der Waals surface area contributed by atoms with Crippen LogP contribution in [0.2, 0.25) is 5.02 Å². The number of anilines is 1. The number of rotatable bonds is 6. The molecule has 0 radical (unpaired) electrons. The van der Waals surface area contributed by atoms with Crippen LogP contribution in [-0.4, -0.2) is 11.9 Å². The summed E-state index contributed by atoms with van der Waals surface area (Å²) in [5.41, 5.74) is -0.312. The molecule has 0 fully saturated rings. The third-order valence-electron chi connectivity index (χ3n) is 3.64. The molecule has 26 heavy (non-hydrogen) atoms. The molecule has 1 amide bonds. The maximum Gasteiger partial charge on any atom is 0.416 e. The van der Waals surface area contributed by atoms with Crippen molar-refractivity contribution >= 4 is 29.2 Å². The zero-order valence-corrected chi connectivity index (χ0v) is 14.1. The number of nitrogens with one attached hydrogen (secondary N) is 1. The van der Waals surface area contributed by atoms with E-state index in [9.17, 15) is 27.9 Å².